The Morgan fingerprint density at radius 1 is 1.45 bits per heavy atom. The molecule has 1 N–H and O–H groups in total. The van der Waals surface area contributed by atoms with Crippen LogP contribution in [-0.2, 0) is 15.6 Å². The Balaban J connectivity index is 2.04. The second kappa shape index (κ2) is 5.06. The van der Waals surface area contributed by atoms with Gasteiger partial charge in [0, 0.05) is 24.2 Å². The topological polar surface area (TPSA) is 71.4 Å². The van der Waals surface area contributed by atoms with Gasteiger partial charge in [0.1, 0.15) is 0 Å². The van der Waals surface area contributed by atoms with Crippen molar-refractivity contribution in [1.82, 2.24) is 10.4 Å². The highest BCUT2D eigenvalue weighted by Crippen LogP contribution is 2.26. The molecule has 2 atom stereocenters. The molecule has 2 unspecified atom stereocenters. The van der Waals surface area contributed by atoms with E-state index in [4.69, 9.17) is 0 Å². The van der Waals surface area contributed by atoms with E-state index in [0.717, 1.165) is 21.5 Å². The maximum atomic E-state index is 11.5. The SMILES string of the molecule is CC1CC(=O)NN=C1c1ccc2sc(S(C)=O)nc2c1. The van der Waals surface area contributed by atoms with Crippen LogP contribution in [-0.4, -0.2) is 27.1 Å². The van der Waals surface area contributed by atoms with E-state index in [1.165, 1.54) is 11.3 Å². The van der Waals surface area contributed by atoms with E-state index in [0.29, 0.717) is 10.8 Å². The highest BCUT2D eigenvalue weighted by molar-refractivity contribution is 7.86. The number of amides is 1. The summed E-state index contributed by atoms with van der Waals surface area (Å²) in [7, 11) is -1.06. The summed E-state index contributed by atoms with van der Waals surface area (Å²) in [6, 6.07) is 5.87. The molecule has 0 radical (unpaired) electrons. The molecule has 3 rings (SSSR count). The van der Waals surface area contributed by atoms with E-state index >= 15 is 0 Å². The van der Waals surface area contributed by atoms with Crippen LogP contribution in [0.25, 0.3) is 10.2 Å². The number of carbonyl (C=O) groups is 1. The van der Waals surface area contributed by atoms with Crippen LogP contribution in [0.1, 0.15) is 18.9 Å². The molecular weight excluding hydrogens is 294 g/mol. The van der Waals surface area contributed by atoms with Crippen molar-refractivity contribution in [3.8, 4) is 0 Å². The van der Waals surface area contributed by atoms with Crippen molar-refractivity contribution < 1.29 is 9.00 Å². The van der Waals surface area contributed by atoms with Gasteiger partial charge in [0.2, 0.25) is 5.91 Å². The third kappa shape index (κ3) is 2.38. The lowest BCUT2D eigenvalue weighted by molar-refractivity contribution is -0.121. The molecule has 1 aromatic carbocycles. The van der Waals surface area contributed by atoms with Crippen molar-refractivity contribution >= 4 is 44.0 Å². The van der Waals surface area contributed by atoms with E-state index in [1.807, 2.05) is 25.1 Å². The first kappa shape index (κ1) is 13.4. The summed E-state index contributed by atoms with van der Waals surface area (Å²) >= 11 is 1.44. The zero-order valence-electron chi connectivity index (χ0n) is 11.0. The molecule has 2 heterocycles. The zero-order valence-corrected chi connectivity index (χ0v) is 12.7. The van der Waals surface area contributed by atoms with Crippen molar-refractivity contribution in [2.24, 2.45) is 11.0 Å². The summed E-state index contributed by atoms with van der Waals surface area (Å²) in [5.74, 6) is 0.0271. The normalized spacial score (nSPS) is 20.6. The number of hydrazone groups is 1. The Morgan fingerprint density at radius 3 is 2.95 bits per heavy atom. The van der Waals surface area contributed by atoms with Gasteiger partial charge in [0.05, 0.1) is 26.7 Å². The van der Waals surface area contributed by atoms with Crippen LogP contribution in [0.15, 0.2) is 27.6 Å². The van der Waals surface area contributed by atoms with Crippen molar-refractivity contribution in [2.75, 3.05) is 6.26 Å². The number of nitrogens with zero attached hydrogens (tertiary/aromatic N) is 2. The minimum Gasteiger partial charge on any atom is -0.273 e. The number of thiazole rings is 1. The fourth-order valence-corrected chi connectivity index (χ4v) is 3.83. The van der Waals surface area contributed by atoms with Gasteiger partial charge < -0.3 is 0 Å². The first-order valence-corrected chi connectivity index (χ1v) is 8.53. The number of benzene rings is 1. The Morgan fingerprint density at radius 2 is 2.25 bits per heavy atom. The van der Waals surface area contributed by atoms with E-state index in [9.17, 15) is 9.00 Å². The van der Waals surface area contributed by atoms with Crippen LogP contribution in [0.3, 0.4) is 0 Å². The van der Waals surface area contributed by atoms with Crippen molar-refractivity contribution in [3.05, 3.63) is 23.8 Å². The molecule has 0 saturated heterocycles. The van der Waals surface area contributed by atoms with Gasteiger partial charge in [0.25, 0.3) is 0 Å². The molecule has 5 nitrogen and oxygen atoms in total. The minimum atomic E-state index is -1.06. The fourth-order valence-electron chi connectivity index (χ4n) is 2.19. The fraction of sp³-hybridized carbons (Fsp3) is 0.308. The molecule has 2 aromatic rings. The Labute approximate surface area is 122 Å². The molecule has 0 fully saturated rings. The molecule has 0 saturated carbocycles. The smallest absolute Gasteiger partial charge is 0.240 e. The summed E-state index contributed by atoms with van der Waals surface area (Å²) in [6.45, 7) is 1.98. The number of fused-ring (bicyclic) bond motifs is 1. The number of rotatable bonds is 2. The summed E-state index contributed by atoms with van der Waals surface area (Å²) in [5.41, 5.74) is 5.15. The third-order valence-corrected chi connectivity index (χ3v) is 5.54. The van der Waals surface area contributed by atoms with E-state index in [2.05, 4.69) is 15.5 Å². The summed E-state index contributed by atoms with van der Waals surface area (Å²) in [6.07, 6.45) is 2.07. The molecule has 0 bridgehead atoms. The maximum Gasteiger partial charge on any atom is 0.240 e. The summed E-state index contributed by atoms with van der Waals surface area (Å²) < 4.78 is 13.1. The van der Waals surface area contributed by atoms with Gasteiger partial charge in [-0.3, -0.25) is 9.00 Å². The van der Waals surface area contributed by atoms with Gasteiger partial charge >= 0.3 is 0 Å². The standard InChI is InChI=1S/C13H13N3O2S2/c1-7-5-11(17)15-16-12(7)8-3-4-10-9(6-8)14-13(19-10)20(2)18/h3-4,6-7H,5H2,1-2H3,(H,15,17). The predicted molar refractivity (Wildman–Crippen MR) is 80.4 cm³/mol. The zero-order chi connectivity index (χ0) is 14.3. The van der Waals surface area contributed by atoms with Crippen LogP contribution in [0, 0.1) is 5.92 Å². The van der Waals surface area contributed by atoms with Crippen LogP contribution in [0.5, 0.6) is 0 Å². The largest absolute Gasteiger partial charge is 0.273 e. The average Bonchev–Trinajstić information content (AvgIpc) is 2.81. The van der Waals surface area contributed by atoms with E-state index in [-0.39, 0.29) is 11.8 Å². The molecule has 1 amide bonds. The lowest BCUT2D eigenvalue weighted by Crippen LogP contribution is -2.31. The van der Waals surface area contributed by atoms with Crippen molar-refractivity contribution in [1.29, 1.82) is 0 Å². The number of nitrogens with one attached hydrogen (secondary N) is 1. The number of hydrogen-bond donors (Lipinski definition) is 1. The minimum absolute atomic E-state index is 0.0559. The first-order valence-electron chi connectivity index (χ1n) is 6.15. The Bertz CT molecular complexity index is 751. The van der Waals surface area contributed by atoms with Crippen LogP contribution >= 0.6 is 11.3 Å². The molecule has 0 aliphatic carbocycles. The van der Waals surface area contributed by atoms with Crippen LogP contribution < -0.4 is 5.43 Å². The van der Waals surface area contributed by atoms with Crippen molar-refractivity contribution in [3.63, 3.8) is 0 Å². The lowest BCUT2D eigenvalue weighted by atomic mass is 9.94. The molecular formula is C13H13N3O2S2. The predicted octanol–water partition coefficient (Wildman–Crippen LogP) is 1.89. The molecule has 20 heavy (non-hydrogen) atoms. The van der Waals surface area contributed by atoms with Gasteiger partial charge in [-0.25, -0.2) is 10.4 Å². The molecule has 1 aliphatic heterocycles. The average molecular weight is 307 g/mol. The number of aromatic nitrogens is 1. The molecule has 0 spiro atoms. The Hall–Kier alpha value is -1.60. The van der Waals surface area contributed by atoms with Gasteiger partial charge in [-0.15, -0.1) is 11.3 Å². The quantitative estimate of drug-likeness (QED) is 0.921. The Kier molecular flexibility index (Phi) is 3.39. The van der Waals surface area contributed by atoms with Gasteiger partial charge in [0.15, 0.2) is 4.34 Å². The number of hydrogen-bond acceptors (Lipinski definition) is 5. The molecule has 7 heteroatoms. The maximum absolute atomic E-state index is 11.5. The monoisotopic (exact) mass is 307 g/mol. The van der Waals surface area contributed by atoms with Gasteiger partial charge in [-0.2, -0.15) is 5.10 Å². The van der Waals surface area contributed by atoms with E-state index < -0.39 is 10.8 Å². The first-order chi connectivity index (χ1) is 9.54. The van der Waals surface area contributed by atoms with Gasteiger partial charge in [-0.1, -0.05) is 13.0 Å². The van der Waals surface area contributed by atoms with Crippen LogP contribution in [0.2, 0.25) is 0 Å². The third-order valence-electron chi connectivity index (χ3n) is 3.17. The summed E-state index contributed by atoms with van der Waals surface area (Å²) in [5, 5.41) is 4.14. The second-order valence-corrected chi connectivity index (χ2v) is 7.34. The highest BCUT2D eigenvalue weighted by atomic mass is 32.2. The summed E-state index contributed by atoms with van der Waals surface area (Å²) in [4.78, 5) is 15.7. The van der Waals surface area contributed by atoms with Crippen molar-refractivity contribution in [2.45, 2.75) is 17.7 Å². The van der Waals surface area contributed by atoms with E-state index in [1.54, 1.807) is 6.26 Å². The second-order valence-electron chi connectivity index (χ2n) is 4.75. The highest BCUT2D eigenvalue weighted by Gasteiger charge is 2.22. The molecule has 1 aliphatic rings. The lowest BCUT2D eigenvalue weighted by Gasteiger charge is -2.18. The van der Waals surface area contributed by atoms with Gasteiger partial charge in [-0.05, 0) is 12.1 Å². The van der Waals surface area contributed by atoms with Crippen LogP contribution in [0.4, 0.5) is 0 Å². The molecule has 104 valence electrons. The molecule has 1 aromatic heterocycles. The number of carbonyl (C=O) groups excluding carboxylic acids is 1.